The molecular weight excluding hydrogens is 240 g/mol. The predicted molar refractivity (Wildman–Crippen MR) is 76.1 cm³/mol. The van der Waals surface area contributed by atoms with Gasteiger partial charge in [0.25, 0.3) is 5.91 Å². The Morgan fingerprint density at radius 2 is 2.16 bits per heavy atom. The number of aromatic amines is 1. The molecule has 0 aliphatic heterocycles. The molecule has 0 bridgehead atoms. The van der Waals surface area contributed by atoms with Crippen LogP contribution in [0.1, 0.15) is 30.6 Å². The van der Waals surface area contributed by atoms with Crippen LogP contribution in [-0.2, 0) is 0 Å². The predicted octanol–water partition coefficient (Wildman–Crippen LogP) is 2.30. The number of aromatic nitrogens is 1. The van der Waals surface area contributed by atoms with E-state index < -0.39 is 6.10 Å². The number of H-pyrrole nitrogens is 1. The quantitative estimate of drug-likeness (QED) is 0.772. The zero-order valence-electron chi connectivity index (χ0n) is 11.3. The normalized spacial score (nSPS) is 12.8. The summed E-state index contributed by atoms with van der Waals surface area (Å²) in [6.45, 7) is 4.38. The zero-order valence-corrected chi connectivity index (χ0v) is 11.3. The van der Waals surface area contributed by atoms with Gasteiger partial charge >= 0.3 is 0 Å². The molecule has 0 aliphatic rings. The highest BCUT2D eigenvalue weighted by Crippen LogP contribution is 2.14. The van der Waals surface area contributed by atoms with Gasteiger partial charge in [-0.2, -0.15) is 0 Å². The van der Waals surface area contributed by atoms with E-state index in [0.717, 1.165) is 10.9 Å². The number of hydrogen-bond donors (Lipinski definition) is 3. The van der Waals surface area contributed by atoms with Crippen molar-refractivity contribution in [2.75, 3.05) is 6.54 Å². The molecule has 1 unspecified atom stereocenters. The fourth-order valence-electron chi connectivity index (χ4n) is 2.13. The molecule has 19 heavy (non-hydrogen) atoms. The van der Waals surface area contributed by atoms with Crippen molar-refractivity contribution in [1.29, 1.82) is 0 Å². The Balaban J connectivity index is 1.95. The van der Waals surface area contributed by atoms with E-state index in [2.05, 4.69) is 10.3 Å². The number of nitrogens with one attached hydrogen (secondary N) is 2. The number of hydrogen-bond acceptors (Lipinski definition) is 2. The van der Waals surface area contributed by atoms with Crippen LogP contribution >= 0.6 is 0 Å². The summed E-state index contributed by atoms with van der Waals surface area (Å²) in [5, 5.41) is 13.6. The van der Waals surface area contributed by atoms with E-state index in [0.29, 0.717) is 24.4 Å². The number of aliphatic hydroxyl groups excluding tert-OH is 1. The Kier molecular flexibility index (Phi) is 4.22. The molecule has 1 atom stereocenters. The van der Waals surface area contributed by atoms with Gasteiger partial charge in [0.15, 0.2) is 0 Å². The van der Waals surface area contributed by atoms with Crippen LogP contribution in [0.2, 0.25) is 0 Å². The third-order valence-electron chi connectivity index (χ3n) is 3.06. The molecule has 1 heterocycles. The Morgan fingerprint density at radius 1 is 1.37 bits per heavy atom. The highest BCUT2D eigenvalue weighted by molar-refractivity contribution is 5.97. The standard InChI is InChI=1S/C15H20N2O2/c1-10(2)7-13(18)9-17-15(19)12-4-3-11-5-6-16-14(11)8-12/h3-6,8,10,13,16,18H,7,9H2,1-2H3,(H,17,19). The highest BCUT2D eigenvalue weighted by atomic mass is 16.3. The minimum Gasteiger partial charge on any atom is -0.391 e. The Labute approximate surface area is 112 Å². The van der Waals surface area contributed by atoms with Gasteiger partial charge in [-0.1, -0.05) is 19.9 Å². The minimum atomic E-state index is -0.488. The van der Waals surface area contributed by atoms with Gasteiger partial charge in [0.05, 0.1) is 6.10 Å². The van der Waals surface area contributed by atoms with Crippen LogP contribution in [0.25, 0.3) is 10.9 Å². The van der Waals surface area contributed by atoms with Gasteiger partial charge in [0.2, 0.25) is 0 Å². The van der Waals surface area contributed by atoms with Crippen LogP contribution in [0.15, 0.2) is 30.5 Å². The van der Waals surface area contributed by atoms with E-state index in [1.807, 2.05) is 38.2 Å². The summed E-state index contributed by atoms with van der Waals surface area (Å²) < 4.78 is 0. The van der Waals surface area contributed by atoms with E-state index in [9.17, 15) is 9.90 Å². The molecule has 0 saturated heterocycles. The molecule has 2 rings (SSSR count). The van der Waals surface area contributed by atoms with Crippen molar-refractivity contribution in [2.45, 2.75) is 26.4 Å². The first-order valence-corrected chi connectivity index (χ1v) is 6.59. The van der Waals surface area contributed by atoms with Gasteiger partial charge in [0.1, 0.15) is 0 Å². The van der Waals surface area contributed by atoms with Crippen LogP contribution in [0.4, 0.5) is 0 Å². The number of carbonyl (C=O) groups excluding carboxylic acids is 1. The first-order chi connectivity index (χ1) is 9.06. The van der Waals surface area contributed by atoms with Gasteiger partial charge in [-0.3, -0.25) is 4.79 Å². The summed E-state index contributed by atoms with van der Waals surface area (Å²) in [5.74, 6) is 0.265. The highest BCUT2D eigenvalue weighted by Gasteiger charge is 2.11. The van der Waals surface area contributed by atoms with E-state index in [1.165, 1.54) is 0 Å². The topological polar surface area (TPSA) is 65.1 Å². The molecule has 102 valence electrons. The molecule has 0 saturated carbocycles. The van der Waals surface area contributed by atoms with Crippen molar-refractivity contribution in [1.82, 2.24) is 10.3 Å². The third-order valence-corrected chi connectivity index (χ3v) is 3.06. The summed E-state index contributed by atoms with van der Waals surface area (Å²) in [5.41, 5.74) is 1.54. The second kappa shape index (κ2) is 5.89. The monoisotopic (exact) mass is 260 g/mol. The van der Waals surface area contributed by atoms with Crippen molar-refractivity contribution in [2.24, 2.45) is 5.92 Å². The molecular formula is C15H20N2O2. The summed E-state index contributed by atoms with van der Waals surface area (Å²) in [7, 11) is 0. The molecule has 2 aromatic rings. The number of amides is 1. The van der Waals surface area contributed by atoms with Crippen molar-refractivity contribution in [3.63, 3.8) is 0 Å². The molecule has 3 N–H and O–H groups in total. The fourth-order valence-corrected chi connectivity index (χ4v) is 2.13. The first kappa shape index (κ1) is 13.6. The second-order valence-corrected chi connectivity index (χ2v) is 5.27. The van der Waals surface area contributed by atoms with Gasteiger partial charge in [0, 0.05) is 23.8 Å². The van der Waals surface area contributed by atoms with E-state index >= 15 is 0 Å². The maximum absolute atomic E-state index is 12.0. The SMILES string of the molecule is CC(C)CC(O)CNC(=O)c1ccc2cc[nH]c2c1. The molecule has 1 amide bonds. The lowest BCUT2D eigenvalue weighted by molar-refractivity contribution is 0.0900. The summed E-state index contributed by atoms with van der Waals surface area (Å²) in [4.78, 5) is 15.0. The molecule has 0 spiro atoms. The fraction of sp³-hybridized carbons (Fsp3) is 0.400. The average molecular weight is 260 g/mol. The smallest absolute Gasteiger partial charge is 0.251 e. The van der Waals surface area contributed by atoms with Gasteiger partial charge in [-0.15, -0.1) is 0 Å². The van der Waals surface area contributed by atoms with Crippen LogP contribution < -0.4 is 5.32 Å². The van der Waals surface area contributed by atoms with Crippen LogP contribution in [-0.4, -0.2) is 28.6 Å². The summed E-state index contributed by atoms with van der Waals surface area (Å²) >= 11 is 0. The molecule has 0 radical (unpaired) electrons. The van der Waals surface area contributed by atoms with Crippen molar-refractivity contribution in [3.8, 4) is 0 Å². The van der Waals surface area contributed by atoms with Gasteiger partial charge < -0.3 is 15.4 Å². The second-order valence-electron chi connectivity index (χ2n) is 5.27. The number of fused-ring (bicyclic) bond motifs is 1. The minimum absolute atomic E-state index is 0.153. The average Bonchev–Trinajstić information content (AvgIpc) is 2.82. The molecule has 1 aromatic carbocycles. The lowest BCUT2D eigenvalue weighted by atomic mass is 10.1. The van der Waals surface area contributed by atoms with Gasteiger partial charge in [-0.05, 0) is 35.9 Å². The first-order valence-electron chi connectivity index (χ1n) is 6.59. The van der Waals surface area contributed by atoms with Crippen molar-refractivity contribution in [3.05, 3.63) is 36.0 Å². The maximum atomic E-state index is 12.0. The lowest BCUT2D eigenvalue weighted by Crippen LogP contribution is -2.32. The van der Waals surface area contributed by atoms with Gasteiger partial charge in [-0.25, -0.2) is 0 Å². The number of benzene rings is 1. The summed E-state index contributed by atoms with van der Waals surface area (Å²) in [6, 6.07) is 7.48. The molecule has 4 heteroatoms. The zero-order chi connectivity index (χ0) is 13.8. The van der Waals surface area contributed by atoms with Crippen LogP contribution in [0, 0.1) is 5.92 Å². The number of aliphatic hydroxyl groups is 1. The van der Waals surface area contributed by atoms with Crippen LogP contribution in [0.3, 0.4) is 0 Å². The van der Waals surface area contributed by atoms with E-state index in [4.69, 9.17) is 0 Å². The van der Waals surface area contributed by atoms with E-state index in [-0.39, 0.29) is 5.91 Å². The van der Waals surface area contributed by atoms with Crippen LogP contribution in [0.5, 0.6) is 0 Å². The Morgan fingerprint density at radius 3 is 2.89 bits per heavy atom. The number of rotatable bonds is 5. The number of carbonyl (C=O) groups is 1. The molecule has 4 nitrogen and oxygen atoms in total. The maximum Gasteiger partial charge on any atom is 0.251 e. The largest absolute Gasteiger partial charge is 0.391 e. The Bertz CT molecular complexity index is 560. The Hall–Kier alpha value is -1.81. The molecule has 0 aliphatic carbocycles. The van der Waals surface area contributed by atoms with E-state index in [1.54, 1.807) is 6.07 Å². The molecule has 1 aromatic heterocycles. The van der Waals surface area contributed by atoms with Crippen molar-refractivity contribution < 1.29 is 9.90 Å². The summed E-state index contributed by atoms with van der Waals surface area (Å²) in [6.07, 6.45) is 2.05. The molecule has 0 fully saturated rings. The van der Waals surface area contributed by atoms with Crippen molar-refractivity contribution >= 4 is 16.8 Å². The third kappa shape index (κ3) is 3.58. The lowest BCUT2D eigenvalue weighted by Gasteiger charge is -2.13.